The highest BCUT2D eigenvalue weighted by atomic mass is 35.5. The minimum absolute atomic E-state index is 0.0219. The second kappa shape index (κ2) is 8.17. The Balaban J connectivity index is 1.08. The maximum Gasteiger partial charge on any atom is 0.316 e. The number of rotatable bonds is 4. The van der Waals surface area contributed by atoms with Gasteiger partial charge in [0, 0.05) is 24.1 Å². The van der Waals surface area contributed by atoms with Crippen molar-refractivity contribution in [1.29, 1.82) is 0 Å². The number of hydrogen-bond acceptors (Lipinski definition) is 5. The molecule has 0 spiro atoms. The van der Waals surface area contributed by atoms with E-state index in [-0.39, 0.29) is 60.1 Å². The van der Waals surface area contributed by atoms with E-state index in [0.717, 1.165) is 6.42 Å². The maximum atomic E-state index is 13.4. The fraction of sp³-hybridized carbons (Fsp3) is 0.357. The van der Waals surface area contributed by atoms with Crippen molar-refractivity contribution in [2.45, 2.75) is 12.8 Å². The summed E-state index contributed by atoms with van der Waals surface area (Å²) in [7, 11) is 0. The van der Waals surface area contributed by atoms with E-state index >= 15 is 0 Å². The predicted molar refractivity (Wildman–Crippen MR) is 136 cm³/mol. The van der Waals surface area contributed by atoms with Gasteiger partial charge in [0.25, 0.3) is 0 Å². The van der Waals surface area contributed by atoms with Gasteiger partial charge in [0.1, 0.15) is 5.75 Å². The highest BCUT2D eigenvalue weighted by molar-refractivity contribution is 6.36. The number of nitrogens with zero attached hydrogens (tertiary/aromatic N) is 2. The van der Waals surface area contributed by atoms with Gasteiger partial charge in [-0.2, -0.15) is 0 Å². The van der Waals surface area contributed by atoms with Crippen molar-refractivity contribution in [3.8, 4) is 5.75 Å². The zero-order valence-electron chi connectivity index (χ0n) is 19.6. The molecule has 8 rings (SSSR count). The average Bonchev–Trinajstić information content (AvgIpc) is 3.56. The molecule has 7 nitrogen and oxygen atoms in total. The number of imide groups is 1. The Bertz CT molecular complexity index is 1390. The zero-order chi connectivity index (χ0) is 25.6. The summed E-state index contributed by atoms with van der Waals surface area (Å²) < 4.78 is 5.61. The summed E-state index contributed by atoms with van der Waals surface area (Å²) in [5.41, 5.74) is 0.850. The SMILES string of the molecule is O=C(Oc1cccc(N2C(=O)[C@@H]3[C@H]4C=C[C@@H]([C@@H]5C[C@H]45)[C@@H]3C2=O)c1)[C@H]1CC(=O)N(c2cc(Cl)ccc2Cl)C1. The zero-order valence-corrected chi connectivity index (χ0v) is 21.1. The Labute approximate surface area is 222 Å². The Morgan fingerprint density at radius 1 is 0.919 bits per heavy atom. The van der Waals surface area contributed by atoms with Gasteiger partial charge in [0.2, 0.25) is 17.7 Å². The van der Waals surface area contributed by atoms with Crippen LogP contribution in [0.15, 0.2) is 54.6 Å². The lowest BCUT2D eigenvalue weighted by molar-refractivity contribution is -0.139. The van der Waals surface area contributed by atoms with Crippen LogP contribution in [0.1, 0.15) is 12.8 Å². The highest BCUT2D eigenvalue weighted by Crippen LogP contribution is 2.65. The third kappa shape index (κ3) is 3.47. The van der Waals surface area contributed by atoms with Gasteiger partial charge in [0.05, 0.1) is 34.2 Å². The largest absolute Gasteiger partial charge is 0.426 e. The average molecular weight is 537 g/mol. The lowest BCUT2D eigenvalue weighted by Gasteiger charge is -2.37. The first-order valence-electron chi connectivity index (χ1n) is 12.4. The molecule has 3 amide bonds. The van der Waals surface area contributed by atoms with Crippen molar-refractivity contribution in [3.63, 3.8) is 0 Å². The van der Waals surface area contributed by atoms with Gasteiger partial charge in [0.15, 0.2) is 0 Å². The molecule has 2 bridgehead atoms. The molecule has 7 atom stereocenters. The number of halogens is 2. The molecule has 4 fully saturated rings. The molecule has 2 aromatic rings. The van der Waals surface area contributed by atoms with Gasteiger partial charge in [-0.15, -0.1) is 0 Å². The van der Waals surface area contributed by atoms with Crippen molar-refractivity contribution in [1.82, 2.24) is 0 Å². The van der Waals surface area contributed by atoms with Crippen LogP contribution in [0.5, 0.6) is 5.75 Å². The van der Waals surface area contributed by atoms with Crippen LogP contribution in [0.25, 0.3) is 0 Å². The predicted octanol–water partition coefficient (Wildman–Crippen LogP) is 4.51. The standard InChI is InChI=1S/C28H22Cl2N2O5/c29-14-4-7-21(30)22(9-14)31-12-13(8-23(31)33)28(36)37-16-3-1-2-15(10-16)32-26(34)24-17-5-6-18(20-11-19(17)20)25(24)27(32)35/h1-7,9-10,13,17-20,24-25H,8,11-12H2/t13-,17-,18-,19-,20+,24-,25+/m0/s1. The summed E-state index contributed by atoms with van der Waals surface area (Å²) in [4.78, 5) is 55.1. The van der Waals surface area contributed by atoms with Crippen molar-refractivity contribution in [2.75, 3.05) is 16.3 Å². The van der Waals surface area contributed by atoms with E-state index in [0.29, 0.717) is 33.3 Å². The highest BCUT2D eigenvalue weighted by Gasteiger charge is 2.67. The monoisotopic (exact) mass is 536 g/mol. The third-order valence-corrected chi connectivity index (χ3v) is 9.17. The first-order chi connectivity index (χ1) is 17.8. The van der Waals surface area contributed by atoms with Crippen LogP contribution in [-0.4, -0.2) is 30.2 Å². The quantitative estimate of drug-likeness (QED) is 0.248. The second-order valence-corrected chi connectivity index (χ2v) is 11.4. The first-order valence-corrected chi connectivity index (χ1v) is 13.2. The molecule has 0 N–H and O–H groups in total. The Hall–Kier alpha value is -3.16. The van der Waals surface area contributed by atoms with E-state index in [1.807, 2.05) is 0 Å². The van der Waals surface area contributed by atoms with Crippen LogP contribution in [0.2, 0.25) is 10.0 Å². The molecule has 6 aliphatic rings. The fourth-order valence-electron chi connectivity index (χ4n) is 6.89. The molecule has 0 aromatic heterocycles. The van der Waals surface area contributed by atoms with E-state index in [1.54, 1.807) is 42.5 Å². The van der Waals surface area contributed by atoms with Crippen molar-refractivity contribution >= 4 is 58.3 Å². The van der Waals surface area contributed by atoms with Crippen LogP contribution >= 0.6 is 23.2 Å². The van der Waals surface area contributed by atoms with Gasteiger partial charge in [-0.25, -0.2) is 4.90 Å². The van der Waals surface area contributed by atoms with E-state index in [1.165, 1.54) is 9.80 Å². The molecule has 188 valence electrons. The Kier molecular flexibility index (Phi) is 5.08. The fourth-order valence-corrected chi connectivity index (χ4v) is 7.27. The molecule has 37 heavy (non-hydrogen) atoms. The van der Waals surface area contributed by atoms with Gasteiger partial charge < -0.3 is 9.64 Å². The topological polar surface area (TPSA) is 84.0 Å². The lowest BCUT2D eigenvalue weighted by Crippen LogP contribution is -2.40. The smallest absolute Gasteiger partial charge is 0.316 e. The number of carbonyl (C=O) groups is 4. The summed E-state index contributed by atoms with van der Waals surface area (Å²) in [6.07, 6.45) is 5.35. The molecule has 2 aliphatic heterocycles. The van der Waals surface area contributed by atoms with Crippen LogP contribution < -0.4 is 14.5 Å². The molecule has 0 unspecified atom stereocenters. The second-order valence-electron chi connectivity index (χ2n) is 10.6. The molecule has 2 aromatic carbocycles. The Morgan fingerprint density at radius 2 is 1.62 bits per heavy atom. The third-order valence-electron chi connectivity index (χ3n) is 8.61. The summed E-state index contributed by atoms with van der Waals surface area (Å²) in [5.74, 6) is -0.915. The van der Waals surface area contributed by atoms with Crippen molar-refractivity contribution in [3.05, 3.63) is 64.7 Å². The first kappa shape index (κ1) is 23.0. The van der Waals surface area contributed by atoms with Crippen LogP contribution in [0.3, 0.4) is 0 Å². The Morgan fingerprint density at radius 3 is 2.32 bits per heavy atom. The number of carbonyl (C=O) groups excluding carboxylic acids is 4. The molecular formula is C28H22Cl2N2O5. The van der Waals surface area contributed by atoms with Crippen LogP contribution in [0.4, 0.5) is 11.4 Å². The molecule has 4 aliphatic carbocycles. The van der Waals surface area contributed by atoms with E-state index < -0.39 is 11.9 Å². The number of allylic oxidation sites excluding steroid dienone is 2. The molecule has 2 saturated carbocycles. The van der Waals surface area contributed by atoms with E-state index in [4.69, 9.17) is 27.9 Å². The molecular weight excluding hydrogens is 515 g/mol. The lowest BCUT2D eigenvalue weighted by atomic mass is 9.63. The molecule has 2 saturated heterocycles. The number of esters is 1. The minimum atomic E-state index is -0.697. The van der Waals surface area contributed by atoms with Crippen molar-refractivity contribution < 1.29 is 23.9 Å². The normalized spacial score (nSPS) is 33.1. The number of anilines is 2. The van der Waals surface area contributed by atoms with Crippen molar-refractivity contribution in [2.24, 2.45) is 41.4 Å². The van der Waals surface area contributed by atoms with Crippen LogP contribution in [-0.2, 0) is 19.2 Å². The number of hydrogen-bond donors (Lipinski definition) is 0. The van der Waals surface area contributed by atoms with Crippen LogP contribution in [0, 0.1) is 41.4 Å². The molecule has 2 heterocycles. The summed E-state index contributed by atoms with van der Waals surface area (Å²) >= 11 is 12.3. The molecule has 9 heteroatoms. The summed E-state index contributed by atoms with van der Waals surface area (Å²) in [6, 6.07) is 11.3. The number of amides is 3. The van der Waals surface area contributed by atoms with Gasteiger partial charge in [-0.1, -0.05) is 41.4 Å². The minimum Gasteiger partial charge on any atom is -0.426 e. The number of benzene rings is 2. The molecule has 0 radical (unpaired) electrons. The summed E-state index contributed by atoms with van der Waals surface area (Å²) in [6.45, 7) is 0.113. The number of ether oxygens (including phenoxy) is 1. The van der Waals surface area contributed by atoms with E-state index in [2.05, 4.69) is 12.2 Å². The summed E-state index contributed by atoms with van der Waals surface area (Å²) in [5, 5.41) is 0.794. The van der Waals surface area contributed by atoms with Gasteiger partial charge >= 0.3 is 5.97 Å². The maximum absolute atomic E-state index is 13.4. The van der Waals surface area contributed by atoms with E-state index in [9.17, 15) is 19.2 Å². The van der Waals surface area contributed by atoms with Gasteiger partial charge in [-0.3, -0.25) is 19.2 Å². The van der Waals surface area contributed by atoms with Gasteiger partial charge in [-0.05, 0) is 60.4 Å².